The number of hydrogen-bond donors (Lipinski definition) is 0. The summed E-state index contributed by atoms with van der Waals surface area (Å²) in [6.07, 6.45) is 0.742. The van der Waals surface area contributed by atoms with E-state index in [-0.39, 0.29) is 17.2 Å². The van der Waals surface area contributed by atoms with Crippen LogP contribution in [0.1, 0.15) is 26.3 Å². The van der Waals surface area contributed by atoms with Crippen molar-refractivity contribution in [3.8, 4) is 11.5 Å². The molecule has 0 unspecified atom stereocenters. The van der Waals surface area contributed by atoms with Gasteiger partial charge >= 0.3 is 22.2 Å². The zero-order valence-electron chi connectivity index (χ0n) is 17.0. The molecular formula is C18H17F5O7S2. The summed E-state index contributed by atoms with van der Waals surface area (Å²) in [6, 6.07) is 2.97. The van der Waals surface area contributed by atoms with E-state index in [0.29, 0.717) is 13.2 Å². The van der Waals surface area contributed by atoms with Crippen LogP contribution in [0.3, 0.4) is 0 Å². The maximum atomic E-state index is 13.5. The first-order valence-electron chi connectivity index (χ1n) is 8.36. The third-order valence-corrected chi connectivity index (χ3v) is 6.38. The number of halogens is 5. The predicted octanol–water partition coefficient (Wildman–Crippen LogP) is 5.42. The minimum Gasteiger partial charge on any atom is -0.465 e. The van der Waals surface area contributed by atoms with Crippen LogP contribution in [0.5, 0.6) is 11.5 Å². The second kappa shape index (κ2) is 7.33. The smallest absolute Gasteiger partial charge is 0.339 e. The normalized spacial score (nSPS) is 14.2. The molecule has 14 heteroatoms. The number of aryl methyl sites for hydroxylation is 1. The van der Waals surface area contributed by atoms with Crippen molar-refractivity contribution in [1.82, 2.24) is 0 Å². The second-order valence-corrected chi connectivity index (χ2v) is 11.0. The lowest BCUT2D eigenvalue weighted by molar-refractivity contribution is 0.0588. The van der Waals surface area contributed by atoms with E-state index in [1.54, 1.807) is 0 Å². The number of carbonyl (C=O) groups excluding carboxylic acids is 2. The zero-order valence-corrected chi connectivity index (χ0v) is 18.6. The maximum Gasteiger partial charge on any atom is 0.339 e. The van der Waals surface area contributed by atoms with Crippen LogP contribution in [0, 0.1) is 6.92 Å². The summed E-state index contributed by atoms with van der Waals surface area (Å²) in [4.78, 5) is 20.3. The van der Waals surface area contributed by atoms with Crippen molar-refractivity contribution >= 4 is 32.0 Å². The van der Waals surface area contributed by atoms with E-state index in [0.717, 1.165) is 31.6 Å². The molecule has 2 aromatic rings. The number of benzene rings is 2. The van der Waals surface area contributed by atoms with Gasteiger partial charge in [0.15, 0.2) is 9.84 Å². The second-order valence-electron chi connectivity index (χ2n) is 6.60. The van der Waals surface area contributed by atoms with Gasteiger partial charge in [-0.05, 0) is 36.8 Å². The van der Waals surface area contributed by atoms with Crippen LogP contribution in [-0.2, 0) is 19.3 Å². The highest BCUT2D eigenvalue weighted by molar-refractivity contribution is 8.45. The van der Waals surface area contributed by atoms with Crippen molar-refractivity contribution in [2.75, 3.05) is 20.5 Å². The number of sulfone groups is 1. The average Bonchev–Trinajstić information content (AvgIpc) is 2.64. The van der Waals surface area contributed by atoms with Crippen LogP contribution in [0.2, 0.25) is 0 Å². The van der Waals surface area contributed by atoms with E-state index >= 15 is 0 Å². The molecule has 2 rings (SSSR count). The van der Waals surface area contributed by atoms with Crippen molar-refractivity contribution in [2.24, 2.45) is 0 Å². The Hall–Kier alpha value is -2.87. The lowest BCUT2D eigenvalue weighted by Crippen LogP contribution is -2.14. The van der Waals surface area contributed by atoms with Crippen molar-refractivity contribution in [3.05, 3.63) is 47.0 Å². The molecule has 0 radical (unpaired) electrons. The van der Waals surface area contributed by atoms with Gasteiger partial charge in [-0.2, -0.15) is 0 Å². The van der Waals surface area contributed by atoms with E-state index < -0.39 is 58.9 Å². The Morgan fingerprint density at radius 3 is 1.88 bits per heavy atom. The summed E-state index contributed by atoms with van der Waals surface area (Å²) < 4.78 is 106. The zero-order chi connectivity index (χ0) is 24.8. The van der Waals surface area contributed by atoms with Crippen molar-refractivity contribution in [2.45, 2.75) is 16.7 Å². The van der Waals surface area contributed by atoms with Gasteiger partial charge in [-0.3, -0.25) is 0 Å². The molecule has 0 atom stereocenters. The molecule has 0 bridgehead atoms. The van der Waals surface area contributed by atoms with Gasteiger partial charge in [0.05, 0.1) is 25.3 Å². The number of methoxy groups -OCH3 is 2. The SMILES string of the molecule is COC(=O)c1cc(S(C)(=O)=O)c(Oc2ccc(C(=O)OC)c(S(F)(F)(F)(F)F)c2)cc1C. The molecular weight excluding hydrogens is 487 g/mol. The van der Waals surface area contributed by atoms with Crippen LogP contribution in [-0.4, -0.2) is 40.8 Å². The first-order valence-corrected chi connectivity index (χ1v) is 12.2. The summed E-state index contributed by atoms with van der Waals surface area (Å²) in [5.41, 5.74) is -1.47. The molecule has 2 aromatic carbocycles. The third-order valence-electron chi connectivity index (χ3n) is 4.10. The molecule has 0 saturated heterocycles. The van der Waals surface area contributed by atoms with Gasteiger partial charge in [-0.15, -0.1) is 0 Å². The molecule has 0 amide bonds. The van der Waals surface area contributed by atoms with Crippen LogP contribution in [0.25, 0.3) is 0 Å². The summed E-state index contributed by atoms with van der Waals surface area (Å²) >= 11 is 0. The van der Waals surface area contributed by atoms with Gasteiger partial charge in [-0.1, -0.05) is 19.4 Å². The fourth-order valence-corrected chi connectivity index (χ4v) is 4.36. The largest absolute Gasteiger partial charge is 0.465 e. The summed E-state index contributed by atoms with van der Waals surface area (Å²) in [6.45, 7) is 1.37. The van der Waals surface area contributed by atoms with Gasteiger partial charge in [-0.25, -0.2) is 18.0 Å². The first kappa shape index (κ1) is 25.4. The van der Waals surface area contributed by atoms with Gasteiger partial charge < -0.3 is 14.2 Å². The molecule has 32 heavy (non-hydrogen) atoms. The molecule has 7 nitrogen and oxygen atoms in total. The number of ether oxygens (including phenoxy) is 3. The topological polar surface area (TPSA) is 96.0 Å². The Morgan fingerprint density at radius 1 is 0.875 bits per heavy atom. The summed E-state index contributed by atoms with van der Waals surface area (Å²) in [5.74, 6) is -3.91. The summed E-state index contributed by atoms with van der Waals surface area (Å²) in [7, 11) is -12.7. The van der Waals surface area contributed by atoms with E-state index in [1.807, 2.05) is 0 Å². The van der Waals surface area contributed by atoms with E-state index in [2.05, 4.69) is 9.47 Å². The van der Waals surface area contributed by atoms with Crippen LogP contribution < -0.4 is 4.74 Å². The van der Waals surface area contributed by atoms with Crippen molar-refractivity contribution in [1.29, 1.82) is 0 Å². The standard InChI is InChI=1S/C18H17F5O7S2/c1-10-7-14(15(31(4,26)27)9-13(10)18(25)29-3)30-11-5-6-12(17(24)28-2)16(8-11)32(19,20,21,22)23/h5-9H,1-4H3. The van der Waals surface area contributed by atoms with Crippen LogP contribution >= 0.6 is 10.2 Å². The summed E-state index contributed by atoms with van der Waals surface area (Å²) in [5, 5.41) is 0. The van der Waals surface area contributed by atoms with Gasteiger partial charge in [0, 0.05) is 12.3 Å². The Balaban J connectivity index is 2.74. The van der Waals surface area contributed by atoms with E-state index in [9.17, 15) is 37.4 Å². The highest BCUT2D eigenvalue weighted by Crippen LogP contribution is 3.02. The molecule has 0 aromatic heterocycles. The number of esters is 2. The molecule has 0 aliphatic carbocycles. The molecule has 0 aliphatic rings. The first-order chi connectivity index (χ1) is 14.3. The average molecular weight is 504 g/mol. The van der Waals surface area contributed by atoms with Crippen LogP contribution in [0.4, 0.5) is 19.4 Å². The fourth-order valence-electron chi connectivity index (χ4n) is 2.65. The van der Waals surface area contributed by atoms with E-state index in [1.165, 1.54) is 6.92 Å². The fraction of sp³-hybridized carbons (Fsp3) is 0.222. The Morgan fingerprint density at radius 2 is 1.41 bits per heavy atom. The molecule has 0 heterocycles. The van der Waals surface area contributed by atoms with Crippen LogP contribution in [0.15, 0.2) is 40.1 Å². The minimum absolute atomic E-state index is 0.122. The van der Waals surface area contributed by atoms with Gasteiger partial charge in [0.1, 0.15) is 21.3 Å². The number of hydrogen-bond acceptors (Lipinski definition) is 7. The Bertz CT molecular complexity index is 1220. The number of carbonyl (C=O) groups is 2. The Kier molecular flexibility index (Phi) is 5.82. The van der Waals surface area contributed by atoms with Crippen molar-refractivity contribution in [3.63, 3.8) is 0 Å². The lowest BCUT2D eigenvalue weighted by Gasteiger charge is -2.41. The highest BCUT2D eigenvalue weighted by atomic mass is 32.5. The molecule has 0 aliphatic heterocycles. The maximum absolute atomic E-state index is 13.5. The highest BCUT2D eigenvalue weighted by Gasteiger charge is 2.67. The van der Waals surface area contributed by atoms with E-state index in [4.69, 9.17) is 4.74 Å². The molecule has 0 fully saturated rings. The van der Waals surface area contributed by atoms with Crippen molar-refractivity contribution < 1.29 is 51.6 Å². The van der Waals surface area contributed by atoms with Gasteiger partial charge in [0.25, 0.3) is 0 Å². The molecule has 0 N–H and O–H groups in total. The lowest BCUT2D eigenvalue weighted by atomic mass is 10.1. The number of rotatable bonds is 6. The predicted molar refractivity (Wildman–Crippen MR) is 105 cm³/mol. The quantitative estimate of drug-likeness (QED) is 0.383. The minimum atomic E-state index is -10.4. The molecule has 178 valence electrons. The Labute approximate surface area is 179 Å². The third kappa shape index (κ3) is 5.48. The molecule has 0 spiro atoms. The molecule has 0 saturated carbocycles. The van der Waals surface area contributed by atoms with Gasteiger partial charge in [0.2, 0.25) is 0 Å². The monoisotopic (exact) mass is 504 g/mol.